The maximum absolute atomic E-state index is 12.8. The van der Waals surface area contributed by atoms with Gasteiger partial charge in [0.05, 0.1) is 0 Å². The van der Waals surface area contributed by atoms with Crippen molar-refractivity contribution in [3.05, 3.63) is 64.1 Å². The quantitative estimate of drug-likeness (QED) is 0.865. The third kappa shape index (κ3) is 4.68. The van der Waals surface area contributed by atoms with E-state index in [4.69, 9.17) is 0 Å². The molecule has 148 valence electrons. The Kier molecular flexibility index (Phi) is 6.29. The molecule has 1 atom stereocenters. The largest absolute Gasteiger partial charge is 0.336 e. The van der Waals surface area contributed by atoms with Crippen molar-refractivity contribution in [1.29, 1.82) is 0 Å². The zero-order chi connectivity index (χ0) is 20.1. The highest BCUT2D eigenvalue weighted by Crippen LogP contribution is 2.22. The Morgan fingerprint density at radius 3 is 2.57 bits per heavy atom. The van der Waals surface area contributed by atoms with Gasteiger partial charge in [-0.3, -0.25) is 14.4 Å². The van der Waals surface area contributed by atoms with Crippen molar-refractivity contribution in [3.8, 4) is 0 Å². The predicted octanol–water partition coefficient (Wildman–Crippen LogP) is 3.20. The number of nitrogens with one attached hydrogen (secondary N) is 1. The van der Waals surface area contributed by atoms with Crippen molar-refractivity contribution in [2.24, 2.45) is 0 Å². The number of aromatic nitrogens is 1. The number of benzene rings is 1. The molecule has 1 aromatic carbocycles. The minimum atomic E-state index is -0.283. The molecule has 1 aliphatic heterocycles. The fourth-order valence-electron chi connectivity index (χ4n) is 3.68. The van der Waals surface area contributed by atoms with Gasteiger partial charge in [-0.05, 0) is 62.4 Å². The highest BCUT2D eigenvalue weighted by Gasteiger charge is 2.26. The molecule has 1 fully saturated rings. The maximum Gasteiger partial charge on any atom is 0.254 e. The number of carbonyl (C=O) groups excluding carboxylic acids is 2. The average Bonchev–Trinajstić information content (AvgIpc) is 2.70. The van der Waals surface area contributed by atoms with Gasteiger partial charge in [-0.25, -0.2) is 0 Å². The number of anilines is 1. The summed E-state index contributed by atoms with van der Waals surface area (Å²) in [5.74, 6) is -0.232. The van der Waals surface area contributed by atoms with Gasteiger partial charge in [0.2, 0.25) is 5.91 Å². The average molecular weight is 381 g/mol. The van der Waals surface area contributed by atoms with Crippen LogP contribution in [0.15, 0.2) is 47.4 Å². The summed E-state index contributed by atoms with van der Waals surface area (Å²) in [5, 5.41) is 2.78. The molecule has 2 amide bonds. The number of pyridine rings is 1. The van der Waals surface area contributed by atoms with Crippen LogP contribution in [0.3, 0.4) is 0 Å². The van der Waals surface area contributed by atoms with Crippen molar-refractivity contribution in [2.45, 2.75) is 52.1 Å². The van der Waals surface area contributed by atoms with Crippen molar-refractivity contribution in [2.75, 3.05) is 11.9 Å². The third-order valence-electron chi connectivity index (χ3n) is 5.22. The molecule has 0 saturated carbocycles. The van der Waals surface area contributed by atoms with Crippen LogP contribution in [0.5, 0.6) is 0 Å². The summed E-state index contributed by atoms with van der Waals surface area (Å²) in [5.41, 5.74) is 1.94. The molecule has 0 spiro atoms. The van der Waals surface area contributed by atoms with E-state index in [0.29, 0.717) is 17.3 Å². The van der Waals surface area contributed by atoms with E-state index in [1.165, 1.54) is 17.1 Å². The molecule has 3 rings (SSSR count). The number of amides is 2. The zero-order valence-corrected chi connectivity index (χ0v) is 16.5. The standard InChI is InChI=1S/C22H27N3O3/c1-3-19-6-4-5-13-25(19)22(28)17-8-10-18(11-9-17)23-20(26)15-24-14-16(2)7-12-21(24)27/h7-12,14,19H,3-6,13,15H2,1-2H3,(H,23,26). The molecule has 28 heavy (non-hydrogen) atoms. The Bertz CT molecular complexity index is 902. The molecule has 1 N–H and O–H groups in total. The summed E-state index contributed by atoms with van der Waals surface area (Å²) in [7, 11) is 0. The molecule has 6 heteroatoms. The van der Waals surface area contributed by atoms with Crippen LogP contribution in [0.1, 0.15) is 48.5 Å². The Hall–Kier alpha value is -2.89. The van der Waals surface area contributed by atoms with E-state index in [1.807, 2.05) is 11.8 Å². The van der Waals surface area contributed by atoms with Crippen molar-refractivity contribution < 1.29 is 9.59 Å². The Morgan fingerprint density at radius 2 is 1.86 bits per heavy atom. The van der Waals surface area contributed by atoms with Crippen LogP contribution < -0.4 is 10.9 Å². The molecule has 0 radical (unpaired) electrons. The van der Waals surface area contributed by atoms with Gasteiger partial charge in [-0.1, -0.05) is 13.0 Å². The fourth-order valence-corrected chi connectivity index (χ4v) is 3.68. The van der Waals surface area contributed by atoms with E-state index in [2.05, 4.69) is 12.2 Å². The molecule has 1 aliphatic rings. The van der Waals surface area contributed by atoms with E-state index < -0.39 is 0 Å². The van der Waals surface area contributed by atoms with Gasteiger partial charge in [0.1, 0.15) is 6.54 Å². The van der Waals surface area contributed by atoms with Crippen LogP contribution in [-0.4, -0.2) is 33.9 Å². The van der Waals surface area contributed by atoms with Gasteiger partial charge in [0.15, 0.2) is 0 Å². The van der Waals surface area contributed by atoms with Crippen LogP contribution >= 0.6 is 0 Å². The summed E-state index contributed by atoms with van der Waals surface area (Å²) in [6.07, 6.45) is 5.92. The van der Waals surface area contributed by atoms with Crippen LogP contribution in [0.4, 0.5) is 5.69 Å². The Labute approximate surface area is 165 Å². The third-order valence-corrected chi connectivity index (χ3v) is 5.22. The number of carbonyl (C=O) groups is 2. The van der Waals surface area contributed by atoms with Crippen molar-refractivity contribution in [1.82, 2.24) is 9.47 Å². The summed E-state index contributed by atoms with van der Waals surface area (Å²) < 4.78 is 1.38. The van der Waals surface area contributed by atoms with Crippen LogP contribution in [0.2, 0.25) is 0 Å². The van der Waals surface area contributed by atoms with E-state index in [0.717, 1.165) is 31.4 Å². The predicted molar refractivity (Wildman–Crippen MR) is 109 cm³/mol. The lowest BCUT2D eigenvalue weighted by atomic mass is 9.99. The van der Waals surface area contributed by atoms with Gasteiger partial charge in [0, 0.05) is 36.1 Å². The second-order valence-electron chi connectivity index (χ2n) is 7.35. The first-order valence-electron chi connectivity index (χ1n) is 9.86. The van der Waals surface area contributed by atoms with E-state index >= 15 is 0 Å². The van der Waals surface area contributed by atoms with E-state index in [9.17, 15) is 14.4 Å². The van der Waals surface area contributed by atoms with Gasteiger partial charge in [-0.2, -0.15) is 0 Å². The Balaban J connectivity index is 1.64. The molecular weight excluding hydrogens is 354 g/mol. The summed E-state index contributed by atoms with van der Waals surface area (Å²) in [6, 6.07) is 10.4. The molecule has 1 saturated heterocycles. The Morgan fingerprint density at radius 1 is 1.11 bits per heavy atom. The number of likely N-dealkylation sites (tertiary alicyclic amines) is 1. The minimum absolute atomic E-state index is 0.0485. The number of nitrogens with zero attached hydrogens (tertiary/aromatic N) is 2. The van der Waals surface area contributed by atoms with Crippen LogP contribution in [-0.2, 0) is 11.3 Å². The highest BCUT2D eigenvalue weighted by atomic mass is 16.2. The highest BCUT2D eigenvalue weighted by molar-refractivity contribution is 5.96. The monoisotopic (exact) mass is 381 g/mol. The number of rotatable bonds is 5. The molecule has 0 aliphatic carbocycles. The molecule has 6 nitrogen and oxygen atoms in total. The van der Waals surface area contributed by atoms with Gasteiger partial charge in [0.25, 0.3) is 11.5 Å². The van der Waals surface area contributed by atoms with Gasteiger partial charge < -0.3 is 14.8 Å². The molecule has 2 aromatic rings. The topological polar surface area (TPSA) is 71.4 Å². The minimum Gasteiger partial charge on any atom is -0.336 e. The molecule has 1 unspecified atom stereocenters. The normalized spacial score (nSPS) is 16.6. The van der Waals surface area contributed by atoms with E-state index in [1.54, 1.807) is 36.5 Å². The fraction of sp³-hybridized carbons (Fsp3) is 0.409. The second-order valence-corrected chi connectivity index (χ2v) is 7.35. The van der Waals surface area contributed by atoms with Gasteiger partial charge in [-0.15, -0.1) is 0 Å². The summed E-state index contributed by atoms with van der Waals surface area (Å²) >= 11 is 0. The molecule has 1 aromatic heterocycles. The number of aryl methyl sites for hydroxylation is 1. The number of hydrogen-bond acceptors (Lipinski definition) is 3. The first kappa shape index (κ1) is 19.9. The van der Waals surface area contributed by atoms with Gasteiger partial charge >= 0.3 is 0 Å². The number of hydrogen-bond donors (Lipinski definition) is 1. The van der Waals surface area contributed by atoms with Crippen molar-refractivity contribution >= 4 is 17.5 Å². The van der Waals surface area contributed by atoms with E-state index in [-0.39, 0.29) is 23.9 Å². The smallest absolute Gasteiger partial charge is 0.254 e. The van der Waals surface area contributed by atoms with Crippen molar-refractivity contribution in [3.63, 3.8) is 0 Å². The summed E-state index contributed by atoms with van der Waals surface area (Å²) in [4.78, 5) is 38.9. The first-order chi connectivity index (χ1) is 13.5. The lowest BCUT2D eigenvalue weighted by Crippen LogP contribution is -2.43. The summed E-state index contributed by atoms with van der Waals surface area (Å²) in [6.45, 7) is 4.75. The van der Waals surface area contributed by atoms with Crippen LogP contribution in [0, 0.1) is 6.92 Å². The second kappa shape index (κ2) is 8.87. The molecule has 0 bridgehead atoms. The lowest BCUT2D eigenvalue weighted by Gasteiger charge is -2.35. The van der Waals surface area contributed by atoms with Crippen LogP contribution in [0.25, 0.3) is 0 Å². The SMILES string of the molecule is CCC1CCCCN1C(=O)c1ccc(NC(=O)Cn2cc(C)ccc2=O)cc1. The molecular formula is C22H27N3O3. The number of piperidine rings is 1. The first-order valence-corrected chi connectivity index (χ1v) is 9.86. The zero-order valence-electron chi connectivity index (χ0n) is 16.5. The maximum atomic E-state index is 12.8. The lowest BCUT2D eigenvalue weighted by molar-refractivity contribution is -0.116. The molecule has 2 heterocycles.